The second-order valence-electron chi connectivity index (χ2n) is 9.75. The van der Waals surface area contributed by atoms with Crippen LogP contribution in [0.25, 0.3) is 0 Å². The lowest BCUT2D eigenvalue weighted by molar-refractivity contribution is 0.0201. The molecule has 1 aromatic carbocycles. The second kappa shape index (κ2) is 9.06. The number of ether oxygens (including phenoxy) is 1. The van der Waals surface area contributed by atoms with Gasteiger partial charge in [0.15, 0.2) is 0 Å². The third kappa shape index (κ3) is 6.94. The molecule has 6 nitrogen and oxygen atoms in total. The van der Waals surface area contributed by atoms with Crippen molar-refractivity contribution in [1.29, 1.82) is 0 Å². The van der Waals surface area contributed by atoms with E-state index < -0.39 is 11.1 Å². The Morgan fingerprint density at radius 3 is 2.28 bits per heavy atom. The lowest BCUT2D eigenvalue weighted by Crippen LogP contribution is -2.53. The summed E-state index contributed by atoms with van der Waals surface area (Å²) in [6.07, 6.45) is 1.15. The lowest BCUT2D eigenvalue weighted by atomic mass is 9.90. The summed E-state index contributed by atoms with van der Waals surface area (Å²) in [5.74, 6) is 0.440. The Labute approximate surface area is 175 Å². The summed E-state index contributed by atoms with van der Waals surface area (Å²) in [4.78, 5) is 26.5. The molecule has 1 aliphatic heterocycles. The molecule has 0 spiro atoms. The number of piperidine rings is 1. The number of urea groups is 1. The average molecular weight is 404 g/mol. The van der Waals surface area contributed by atoms with Crippen LogP contribution >= 0.6 is 0 Å². The van der Waals surface area contributed by atoms with Gasteiger partial charge in [-0.3, -0.25) is 0 Å². The van der Waals surface area contributed by atoms with Gasteiger partial charge in [-0.1, -0.05) is 38.1 Å². The molecule has 2 rings (SSSR count). The van der Waals surface area contributed by atoms with Gasteiger partial charge in [-0.25, -0.2) is 9.59 Å². The van der Waals surface area contributed by atoms with Gasteiger partial charge in [-0.2, -0.15) is 0 Å². The number of carbonyl (C=O) groups excluding carboxylic acids is 2. The van der Waals surface area contributed by atoms with Crippen LogP contribution in [0, 0.1) is 0 Å². The number of rotatable bonds is 4. The van der Waals surface area contributed by atoms with Crippen molar-refractivity contribution in [1.82, 2.24) is 15.5 Å². The van der Waals surface area contributed by atoms with E-state index in [9.17, 15) is 9.59 Å². The number of carbonyl (C=O) groups is 2. The molecule has 1 saturated heterocycles. The number of benzene rings is 1. The SMILES string of the molecule is CC(C)c1cccc(C(C)(C)NC(=O)NC2CCN(C(=O)OC(C)(C)C)CC2)c1. The minimum absolute atomic E-state index is 0.0477. The van der Waals surface area contributed by atoms with Crippen LogP contribution in [0.15, 0.2) is 24.3 Å². The molecule has 2 N–H and O–H groups in total. The van der Waals surface area contributed by atoms with Gasteiger partial charge in [-0.05, 0) is 64.5 Å². The van der Waals surface area contributed by atoms with Gasteiger partial charge in [0, 0.05) is 19.1 Å². The summed E-state index contributed by atoms with van der Waals surface area (Å²) >= 11 is 0. The van der Waals surface area contributed by atoms with Gasteiger partial charge in [0.25, 0.3) is 0 Å². The Balaban J connectivity index is 1.87. The number of nitrogens with one attached hydrogen (secondary N) is 2. The van der Waals surface area contributed by atoms with Crippen molar-refractivity contribution in [3.63, 3.8) is 0 Å². The molecule has 0 saturated carbocycles. The van der Waals surface area contributed by atoms with E-state index in [1.165, 1.54) is 5.56 Å². The van der Waals surface area contributed by atoms with E-state index in [4.69, 9.17) is 4.74 Å². The fourth-order valence-electron chi connectivity index (χ4n) is 3.40. The highest BCUT2D eigenvalue weighted by Crippen LogP contribution is 2.24. The second-order valence-corrected chi connectivity index (χ2v) is 9.75. The number of amides is 3. The number of hydrogen-bond acceptors (Lipinski definition) is 3. The van der Waals surface area contributed by atoms with Crippen LogP contribution in [0.1, 0.15) is 78.4 Å². The van der Waals surface area contributed by atoms with Crippen LogP contribution in [0.5, 0.6) is 0 Å². The summed E-state index contributed by atoms with van der Waals surface area (Å²) in [5.41, 5.74) is 1.36. The number of likely N-dealkylation sites (tertiary alicyclic amines) is 1. The van der Waals surface area contributed by atoms with Gasteiger partial charge in [-0.15, -0.1) is 0 Å². The fourth-order valence-corrected chi connectivity index (χ4v) is 3.40. The fraction of sp³-hybridized carbons (Fsp3) is 0.652. The third-order valence-electron chi connectivity index (χ3n) is 5.18. The molecule has 3 amide bonds. The van der Waals surface area contributed by atoms with Crippen molar-refractivity contribution in [2.24, 2.45) is 0 Å². The summed E-state index contributed by atoms with van der Waals surface area (Å²) in [7, 11) is 0. The van der Waals surface area contributed by atoms with Gasteiger partial charge in [0.2, 0.25) is 0 Å². The smallest absolute Gasteiger partial charge is 0.410 e. The molecule has 0 atom stereocenters. The molecule has 0 radical (unpaired) electrons. The first-order chi connectivity index (χ1) is 13.4. The van der Waals surface area contributed by atoms with Crippen LogP contribution in [-0.2, 0) is 10.3 Å². The maximum atomic E-state index is 12.6. The van der Waals surface area contributed by atoms with Gasteiger partial charge in [0.1, 0.15) is 5.60 Å². The Kier molecular flexibility index (Phi) is 7.20. The maximum Gasteiger partial charge on any atom is 0.410 e. The quantitative estimate of drug-likeness (QED) is 0.762. The van der Waals surface area contributed by atoms with Crippen LogP contribution in [0.4, 0.5) is 9.59 Å². The zero-order valence-electron chi connectivity index (χ0n) is 19.0. The molecule has 1 aromatic rings. The van der Waals surface area contributed by atoms with Crippen molar-refractivity contribution in [2.45, 2.75) is 84.4 Å². The van der Waals surface area contributed by atoms with Gasteiger partial charge in [0.05, 0.1) is 5.54 Å². The Morgan fingerprint density at radius 1 is 1.10 bits per heavy atom. The van der Waals surface area contributed by atoms with E-state index in [2.05, 4.69) is 36.6 Å². The van der Waals surface area contributed by atoms with Gasteiger partial charge >= 0.3 is 12.1 Å². The van der Waals surface area contributed by atoms with Crippen LogP contribution in [-0.4, -0.2) is 41.8 Å². The highest BCUT2D eigenvalue weighted by atomic mass is 16.6. The van der Waals surface area contributed by atoms with Crippen LogP contribution in [0.3, 0.4) is 0 Å². The molecule has 0 unspecified atom stereocenters. The van der Waals surface area contributed by atoms with Crippen molar-refractivity contribution in [3.8, 4) is 0 Å². The molecule has 1 fully saturated rings. The normalized spacial score (nSPS) is 15.9. The Bertz CT molecular complexity index is 714. The highest BCUT2D eigenvalue weighted by molar-refractivity contribution is 5.75. The van der Waals surface area contributed by atoms with E-state index in [-0.39, 0.29) is 18.2 Å². The highest BCUT2D eigenvalue weighted by Gasteiger charge is 2.29. The molecule has 6 heteroatoms. The minimum Gasteiger partial charge on any atom is -0.444 e. The average Bonchev–Trinajstić information content (AvgIpc) is 2.60. The maximum absolute atomic E-state index is 12.6. The van der Waals surface area contributed by atoms with Crippen molar-refractivity contribution < 1.29 is 14.3 Å². The molecule has 1 heterocycles. The topological polar surface area (TPSA) is 70.7 Å². The molecule has 1 aliphatic rings. The molecule has 0 aromatic heterocycles. The zero-order chi connectivity index (χ0) is 21.8. The van der Waals surface area contributed by atoms with E-state index in [0.29, 0.717) is 19.0 Å². The Hall–Kier alpha value is -2.24. The third-order valence-corrected chi connectivity index (χ3v) is 5.18. The molecule has 162 valence electrons. The standard InChI is InChI=1S/C23H37N3O3/c1-16(2)17-9-8-10-18(15-17)23(6,7)25-20(27)24-19-11-13-26(14-12-19)21(28)29-22(3,4)5/h8-10,15-16,19H,11-14H2,1-7H3,(H2,24,25,27). The molecule has 29 heavy (non-hydrogen) atoms. The largest absolute Gasteiger partial charge is 0.444 e. The minimum atomic E-state index is -0.496. The van der Waals surface area contributed by atoms with Crippen molar-refractivity contribution >= 4 is 12.1 Å². The lowest BCUT2D eigenvalue weighted by Gasteiger charge is -2.34. The first-order valence-corrected chi connectivity index (χ1v) is 10.5. The van der Waals surface area contributed by atoms with Crippen molar-refractivity contribution in [2.75, 3.05) is 13.1 Å². The first-order valence-electron chi connectivity index (χ1n) is 10.5. The van der Waals surface area contributed by atoms with E-state index in [0.717, 1.165) is 18.4 Å². The Morgan fingerprint density at radius 2 is 1.72 bits per heavy atom. The van der Waals surface area contributed by atoms with E-state index in [1.54, 1.807) is 4.90 Å². The number of hydrogen-bond donors (Lipinski definition) is 2. The molecular weight excluding hydrogens is 366 g/mol. The monoisotopic (exact) mass is 403 g/mol. The zero-order valence-corrected chi connectivity index (χ0v) is 19.0. The van der Waals surface area contributed by atoms with Crippen LogP contribution in [0.2, 0.25) is 0 Å². The van der Waals surface area contributed by atoms with Crippen LogP contribution < -0.4 is 10.6 Å². The van der Waals surface area contributed by atoms with E-state index >= 15 is 0 Å². The number of nitrogens with zero attached hydrogens (tertiary/aromatic N) is 1. The van der Waals surface area contributed by atoms with E-state index in [1.807, 2.05) is 46.8 Å². The predicted octanol–water partition coefficient (Wildman–Crippen LogP) is 4.74. The summed E-state index contributed by atoms with van der Waals surface area (Å²) in [5, 5.41) is 6.16. The molecular formula is C23H37N3O3. The van der Waals surface area contributed by atoms with Gasteiger partial charge < -0.3 is 20.3 Å². The molecule has 0 bridgehead atoms. The summed E-state index contributed by atoms with van der Waals surface area (Å²) < 4.78 is 5.42. The summed E-state index contributed by atoms with van der Waals surface area (Å²) in [6.45, 7) is 15.1. The molecule has 0 aliphatic carbocycles. The first kappa shape index (κ1) is 23.0. The predicted molar refractivity (Wildman–Crippen MR) is 116 cm³/mol. The van der Waals surface area contributed by atoms with Crippen molar-refractivity contribution in [3.05, 3.63) is 35.4 Å². The summed E-state index contributed by atoms with van der Waals surface area (Å²) in [6, 6.07) is 8.23.